The van der Waals surface area contributed by atoms with E-state index in [1.807, 2.05) is 39.0 Å². The van der Waals surface area contributed by atoms with Gasteiger partial charge in [-0.1, -0.05) is 20.8 Å². The van der Waals surface area contributed by atoms with Crippen molar-refractivity contribution in [2.75, 3.05) is 82.3 Å². The lowest BCUT2D eigenvalue weighted by Gasteiger charge is -2.42. The van der Waals surface area contributed by atoms with Gasteiger partial charge in [0.25, 0.3) is 0 Å². The van der Waals surface area contributed by atoms with Gasteiger partial charge in [-0.2, -0.15) is 9.97 Å². The van der Waals surface area contributed by atoms with E-state index in [9.17, 15) is 4.79 Å². The quantitative estimate of drug-likeness (QED) is 0.187. The molecule has 6 heterocycles. The smallest absolute Gasteiger partial charge is 0.229 e. The molecule has 4 aromatic rings. The van der Waals surface area contributed by atoms with Crippen LogP contribution < -0.4 is 10.2 Å². The van der Waals surface area contributed by atoms with Gasteiger partial charge in [0, 0.05) is 63.0 Å². The lowest BCUT2D eigenvalue weighted by atomic mass is 9.94. The molecule has 3 aliphatic heterocycles. The van der Waals surface area contributed by atoms with Crippen LogP contribution in [0, 0.1) is 11.3 Å². The summed E-state index contributed by atoms with van der Waals surface area (Å²) >= 11 is 6.32. The summed E-state index contributed by atoms with van der Waals surface area (Å²) in [5.41, 5.74) is 3.70. The van der Waals surface area contributed by atoms with E-state index in [-0.39, 0.29) is 11.2 Å². The molecule has 1 amide bonds. The third-order valence-electron chi connectivity index (χ3n) is 10.5. The van der Waals surface area contributed by atoms with E-state index in [2.05, 4.69) is 49.8 Å². The summed E-state index contributed by atoms with van der Waals surface area (Å²) in [5.74, 6) is 2.39. The van der Waals surface area contributed by atoms with E-state index >= 15 is 0 Å². The van der Waals surface area contributed by atoms with Crippen LogP contribution in [0.25, 0.3) is 22.2 Å². The van der Waals surface area contributed by atoms with Gasteiger partial charge >= 0.3 is 0 Å². The number of halogens is 1. The molecular weight excluding hydrogens is 654 g/mol. The summed E-state index contributed by atoms with van der Waals surface area (Å²) in [6.45, 7) is 17.6. The Morgan fingerprint density at radius 3 is 2.68 bits per heavy atom. The zero-order chi connectivity index (χ0) is 34.7. The molecule has 1 atom stereocenters. The molecule has 0 aliphatic carbocycles. The van der Waals surface area contributed by atoms with Crippen molar-refractivity contribution in [3.05, 3.63) is 35.6 Å². The number of nitrogens with zero attached hydrogens (tertiary/aromatic N) is 8. The Labute approximate surface area is 299 Å². The Kier molecular flexibility index (Phi) is 10.9. The average molecular weight is 706 g/mol. The van der Waals surface area contributed by atoms with Crippen molar-refractivity contribution < 1.29 is 9.53 Å². The normalized spacial score (nSPS) is 20.3. The lowest BCUT2D eigenvalue weighted by Crippen LogP contribution is -2.49. The monoisotopic (exact) mass is 705 g/mol. The molecule has 3 saturated heterocycles. The number of aromatic nitrogens is 6. The van der Waals surface area contributed by atoms with E-state index < -0.39 is 5.41 Å². The largest absolute Gasteiger partial charge is 0.379 e. The Balaban J connectivity index is 0.976. The van der Waals surface area contributed by atoms with Gasteiger partial charge in [0.2, 0.25) is 11.2 Å². The first-order valence-electron chi connectivity index (χ1n) is 18.4. The first-order valence-corrected chi connectivity index (χ1v) is 18.7. The van der Waals surface area contributed by atoms with Gasteiger partial charge in [0.1, 0.15) is 11.3 Å². The highest BCUT2D eigenvalue weighted by molar-refractivity contribution is 6.28. The van der Waals surface area contributed by atoms with Gasteiger partial charge in [0.15, 0.2) is 11.5 Å². The van der Waals surface area contributed by atoms with Crippen LogP contribution in [0.3, 0.4) is 0 Å². The predicted octanol–water partition coefficient (Wildman–Crippen LogP) is 4.77. The zero-order valence-electron chi connectivity index (χ0n) is 29.8. The number of nitrogens with one attached hydrogen (secondary N) is 3. The summed E-state index contributed by atoms with van der Waals surface area (Å²) < 4.78 is 5.59. The molecule has 0 radical (unpaired) electrons. The highest BCUT2D eigenvalue weighted by atomic mass is 35.5. The van der Waals surface area contributed by atoms with Crippen LogP contribution in [0.5, 0.6) is 0 Å². The van der Waals surface area contributed by atoms with Gasteiger partial charge in [-0.25, -0.2) is 9.97 Å². The Morgan fingerprint density at radius 2 is 1.88 bits per heavy atom. The van der Waals surface area contributed by atoms with E-state index in [1.165, 1.54) is 12.8 Å². The topological polar surface area (TPSA) is 134 Å². The number of benzene rings is 1. The first kappa shape index (κ1) is 35.1. The number of H-pyrrole nitrogens is 2. The minimum Gasteiger partial charge on any atom is -0.379 e. The number of imidazole rings is 2. The molecule has 13 nitrogen and oxygen atoms in total. The fourth-order valence-electron chi connectivity index (χ4n) is 7.69. The summed E-state index contributed by atoms with van der Waals surface area (Å²) in [5, 5.41) is 3.28. The van der Waals surface area contributed by atoms with Gasteiger partial charge in [-0.05, 0) is 80.9 Å². The number of amides is 1. The van der Waals surface area contributed by atoms with Crippen LogP contribution >= 0.6 is 11.6 Å². The number of hydrogen-bond donors (Lipinski definition) is 3. The van der Waals surface area contributed by atoms with Crippen molar-refractivity contribution in [2.24, 2.45) is 11.3 Å². The third-order valence-corrected chi connectivity index (χ3v) is 10.7. The number of carbonyl (C=O) groups excluding carboxylic acids is 1. The van der Waals surface area contributed by atoms with Crippen LogP contribution in [0.15, 0.2) is 24.5 Å². The van der Waals surface area contributed by atoms with Gasteiger partial charge in [0.05, 0.1) is 37.1 Å². The Morgan fingerprint density at radius 1 is 1.06 bits per heavy atom. The van der Waals surface area contributed by atoms with Crippen molar-refractivity contribution in [3.63, 3.8) is 0 Å². The first-order chi connectivity index (χ1) is 24.2. The van der Waals surface area contributed by atoms with E-state index in [0.717, 1.165) is 132 Å². The minimum atomic E-state index is -0.449. The zero-order valence-corrected chi connectivity index (χ0v) is 30.5. The second-order valence-electron chi connectivity index (χ2n) is 15.3. The summed E-state index contributed by atoms with van der Waals surface area (Å²) in [6, 6.07) is 6.46. The molecular formula is C36H52ClN11O2. The molecule has 1 aromatic carbocycles. The third kappa shape index (κ3) is 8.56. The second-order valence-corrected chi connectivity index (χ2v) is 15.6. The number of hydrogen-bond acceptors (Lipinski definition) is 10. The van der Waals surface area contributed by atoms with Crippen LogP contribution in [-0.4, -0.2) is 129 Å². The molecule has 3 N–H and O–H groups in total. The van der Waals surface area contributed by atoms with Crippen LogP contribution in [0.2, 0.25) is 5.28 Å². The molecule has 3 aliphatic rings. The van der Waals surface area contributed by atoms with Crippen molar-refractivity contribution >= 4 is 51.2 Å². The van der Waals surface area contributed by atoms with E-state index in [0.29, 0.717) is 17.6 Å². The molecule has 3 aromatic heterocycles. The van der Waals surface area contributed by atoms with Gasteiger partial charge in [-0.15, -0.1) is 0 Å². The maximum atomic E-state index is 12.5. The molecule has 0 bridgehead atoms. The number of likely N-dealkylation sites (tertiary alicyclic amines) is 1. The lowest BCUT2D eigenvalue weighted by molar-refractivity contribution is -0.123. The molecule has 14 heteroatoms. The number of carbonyl (C=O) groups is 1. The highest BCUT2D eigenvalue weighted by Crippen LogP contribution is 2.30. The second kappa shape index (κ2) is 15.5. The SMILES string of the molecule is CC(C)(C)C(=O)Nc1ccc2nc(CN3CCC(N(CCCN4CCOCC4)CC4CCCN(c5nc(Cl)nc6nc[nH]c56)C4)CC3)[nH]c2c1. The summed E-state index contributed by atoms with van der Waals surface area (Å²) in [6.07, 6.45) is 7.48. The molecule has 1 unspecified atom stereocenters. The molecule has 0 saturated carbocycles. The average Bonchev–Trinajstić information content (AvgIpc) is 3.74. The van der Waals surface area contributed by atoms with Crippen molar-refractivity contribution in [1.29, 1.82) is 0 Å². The van der Waals surface area contributed by atoms with E-state index in [1.54, 1.807) is 6.33 Å². The van der Waals surface area contributed by atoms with Crippen LogP contribution in [0.4, 0.5) is 11.5 Å². The number of anilines is 2. The molecule has 270 valence electrons. The number of fused-ring (bicyclic) bond motifs is 2. The molecule has 0 spiro atoms. The highest BCUT2D eigenvalue weighted by Gasteiger charge is 2.30. The maximum Gasteiger partial charge on any atom is 0.229 e. The van der Waals surface area contributed by atoms with Crippen molar-refractivity contribution in [3.8, 4) is 0 Å². The van der Waals surface area contributed by atoms with E-state index in [4.69, 9.17) is 21.3 Å². The van der Waals surface area contributed by atoms with Crippen LogP contribution in [-0.2, 0) is 16.1 Å². The molecule has 3 fully saturated rings. The van der Waals surface area contributed by atoms with Crippen LogP contribution in [0.1, 0.15) is 58.7 Å². The standard InChI is InChI=1S/C36H52ClN11O2/c1-36(2,3)34(49)40-26-7-8-28-29(20-26)42-30(41-28)23-46-14-9-27(10-15-46)47(13-5-11-45-16-18-50-19-17-45)21-25-6-4-12-48(22-25)33-31-32(39-24-38-31)43-35(37)44-33/h7-8,20,24-25,27H,4-6,9-19,21-23H2,1-3H3,(H,40,49)(H,41,42)(H,38,39,43,44). The summed E-state index contributed by atoms with van der Waals surface area (Å²) in [4.78, 5) is 47.7. The fraction of sp³-hybridized carbons (Fsp3) is 0.639. The van der Waals surface area contributed by atoms with Crippen molar-refractivity contribution in [2.45, 2.75) is 65.5 Å². The molecule has 7 rings (SSSR count). The number of aromatic amines is 2. The summed E-state index contributed by atoms with van der Waals surface area (Å²) in [7, 11) is 0. The number of morpholine rings is 1. The fourth-order valence-corrected chi connectivity index (χ4v) is 7.85. The predicted molar refractivity (Wildman–Crippen MR) is 198 cm³/mol. The number of rotatable bonds is 11. The van der Waals surface area contributed by atoms with Gasteiger partial charge in [-0.3, -0.25) is 19.5 Å². The minimum absolute atomic E-state index is 0.00152. The Hall–Kier alpha value is -3.36. The maximum absolute atomic E-state index is 12.5. The van der Waals surface area contributed by atoms with Crippen molar-refractivity contribution in [1.82, 2.24) is 44.6 Å². The number of piperidine rings is 2. The van der Waals surface area contributed by atoms with Gasteiger partial charge < -0.3 is 24.9 Å². The molecule has 50 heavy (non-hydrogen) atoms. The number of ether oxygens (including phenoxy) is 1. The Bertz CT molecular complexity index is 1740.